The minimum Gasteiger partial charge on any atom is -0.457 e. The molecule has 17 heteroatoms. The van der Waals surface area contributed by atoms with Crippen LogP contribution in [0.3, 0.4) is 0 Å². The van der Waals surface area contributed by atoms with Crippen molar-refractivity contribution < 1.29 is 43.0 Å². The minimum absolute atomic E-state index is 0.0200. The second kappa shape index (κ2) is 18.5. The van der Waals surface area contributed by atoms with Gasteiger partial charge in [0.15, 0.2) is 16.9 Å². The van der Waals surface area contributed by atoms with Crippen LogP contribution < -0.4 is 10.6 Å². The van der Waals surface area contributed by atoms with Crippen LogP contribution in [0, 0.1) is 0 Å². The van der Waals surface area contributed by atoms with Gasteiger partial charge in [-0.3, -0.25) is 24.8 Å². The first-order valence-corrected chi connectivity index (χ1v) is 21.9. The van der Waals surface area contributed by atoms with Crippen molar-refractivity contribution in [2.24, 2.45) is 5.16 Å². The van der Waals surface area contributed by atoms with Crippen LogP contribution in [0.15, 0.2) is 95.2 Å². The Morgan fingerprint density at radius 3 is 2.08 bits per heavy atom. The van der Waals surface area contributed by atoms with Gasteiger partial charge in [-0.2, -0.15) is 0 Å². The summed E-state index contributed by atoms with van der Waals surface area (Å²) < 4.78 is 17.1. The van der Waals surface area contributed by atoms with Gasteiger partial charge in [-0.1, -0.05) is 78.8 Å². The summed E-state index contributed by atoms with van der Waals surface area (Å²) in [6.07, 6.45) is 0.928. The molecule has 2 aliphatic rings. The summed E-state index contributed by atoms with van der Waals surface area (Å²) in [5.74, 6) is -2.69. The van der Waals surface area contributed by atoms with Gasteiger partial charge >= 0.3 is 18.0 Å². The molecule has 4 aromatic rings. The highest BCUT2D eigenvalue weighted by Crippen LogP contribution is 2.44. The van der Waals surface area contributed by atoms with Crippen LogP contribution in [0.25, 0.3) is 5.57 Å². The molecule has 0 bridgehead atoms. The van der Waals surface area contributed by atoms with Crippen LogP contribution in [0.5, 0.6) is 0 Å². The van der Waals surface area contributed by atoms with Gasteiger partial charge < -0.3 is 24.4 Å². The normalized spacial score (nSPS) is 16.8. The minimum atomic E-state index is -1.66. The van der Waals surface area contributed by atoms with Gasteiger partial charge in [-0.05, 0) is 84.6 Å². The number of oxime groups is 1. The molecule has 2 atom stereocenters. The van der Waals surface area contributed by atoms with Crippen molar-refractivity contribution in [2.45, 2.75) is 103 Å². The number of nitrogens with zero attached hydrogens (tertiary/aromatic N) is 4. The van der Waals surface area contributed by atoms with Crippen molar-refractivity contribution in [1.29, 1.82) is 0 Å². The third-order valence-electron chi connectivity index (χ3n) is 9.25. The van der Waals surface area contributed by atoms with Crippen LogP contribution in [-0.4, -0.2) is 84.4 Å². The van der Waals surface area contributed by atoms with E-state index in [2.05, 4.69) is 25.8 Å². The van der Waals surface area contributed by atoms with Crippen molar-refractivity contribution in [2.75, 3.05) is 11.1 Å². The Hall–Kier alpha value is -6.07. The predicted molar refractivity (Wildman–Crippen MR) is 236 cm³/mol. The second-order valence-electron chi connectivity index (χ2n) is 16.9. The van der Waals surface area contributed by atoms with Crippen molar-refractivity contribution >= 4 is 69.4 Å². The van der Waals surface area contributed by atoms with E-state index < -0.39 is 69.9 Å². The molecule has 4 heterocycles. The third-order valence-corrected chi connectivity index (χ3v) is 11.3. The maximum Gasteiger partial charge on any atom is 0.413 e. The fourth-order valence-corrected chi connectivity index (χ4v) is 8.25. The SMILES string of the molecule is CCc1ccc(C2=C(C(=O)OC(c3ccccc3)c3ccccc3)N3C(=O)[C@@H](NC(=O)/C(=N\OC(C)(C)C(=O)OC(C)(C)C)c4csc(NC(=O)OC(C)(C)C)n4)[C@H]3SC2)nc1. The summed E-state index contributed by atoms with van der Waals surface area (Å²) in [5.41, 5.74) is -0.214. The number of carbonyl (C=O) groups excluding carboxylic acids is 5. The summed E-state index contributed by atoms with van der Waals surface area (Å²) in [5, 5.41) is 10.2. The number of pyridine rings is 1. The molecule has 0 saturated carbocycles. The van der Waals surface area contributed by atoms with Gasteiger partial charge in [0.2, 0.25) is 5.60 Å². The maximum absolute atomic E-state index is 14.6. The summed E-state index contributed by atoms with van der Waals surface area (Å²) in [4.78, 5) is 84.8. The quantitative estimate of drug-likeness (QED) is 0.0445. The van der Waals surface area contributed by atoms with E-state index in [1.807, 2.05) is 79.7 Å². The molecule has 2 aromatic heterocycles. The summed E-state index contributed by atoms with van der Waals surface area (Å²) in [6.45, 7) is 15.1. The van der Waals surface area contributed by atoms with E-state index in [9.17, 15) is 24.0 Å². The number of aryl methyl sites for hydroxylation is 1. The molecule has 6 rings (SSSR count). The molecule has 62 heavy (non-hydrogen) atoms. The molecule has 15 nitrogen and oxygen atoms in total. The molecule has 3 amide bonds. The van der Waals surface area contributed by atoms with Gasteiger partial charge in [-0.15, -0.1) is 23.1 Å². The number of ether oxygens (including phenoxy) is 3. The Morgan fingerprint density at radius 2 is 1.52 bits per heavy atom. The molecule has 2 N–H and O–H groups in total. The Labute approximate surface area is 368 Å². The highest BCUT2D eigenvalue weighted by Gasteiger charge is 2.55. The van der Waals surface area contributed by atoms with Gasteiger partial charge in [0, 0.05) is 22.9 Å². The Balaban J connectivity index is 1.31. The summed E-state index contributed by atoms with van der Waals surface area (Å²) in [6, 6.07) is 21.2. The fourth-order valence-electron chi connectivity index (χ4n) is 6.21. The van der Waals surface area contributed by atoms with E-state index >= 15 is 0 Å². The highest BCUT2D eigenvalue weighted by molar-refractivity contribution is 8.00. The molecular weight excluding hydrogens is 833 g/mol. The van der Waals surface area contributed by atoms with Crippen molar-refractivity contribution in [3.8, 4) is 0 Å². The van der Waals surface area contributed by atoms with Crippen LogP contribution in [0.1, 0.15) is 96.5 Å². The number of hydrogen-bond acceptors (Lipinski definition) is 14. The molecule has 0 aliphatic carbocycles. The Bertz CT molecular complexity index is 2330. The first kappa shape index (κ1) is 45.5. The summed E-state index contributed by atoms with van der Waals surface area (Å²) >= 11 is 2.33. The van der Waals surface area contributed by atoms with Gasteiger partial charge in [0.25, 0.3) is 11.8 Å². The average molecular weight is 883 g/mol. The number of nitrogens with one attached hydrogen (secondary N) is 2. The van der Waals surface area contributed by atoms with E-state index in [1.54, 1.807) is 47.7 Å². The number of anilines is 1. The van der Waals surface area contributed by atoms with E-state index in [1.165, 1.54) is 35.9 Å². The number of thioether (sulfide) groups is 1. The monoisotopic (exact) mass is 882 g/mol. The largest absolute Gasteiger partial charge is 0.457 e. The zero-order chi connectivity index (χ0) is 45.0. The molecule has 326 valence electrons. The number of carbonyl (C=O) groups is 5. The topological polar surface area (TPSA) is 188 Å². The molecule has 0 spiro atoms. The number of amides is 3. The van der Waals surface area contributed by atoms with E-state index in [4.69, 9.17) is 19.0 Å². The Kier molecular flexibility index (Phi) is 13.6. The number of benzene rings is 2. The van der Waals surface area contributed by atoms with E-state index in [-0.39, 0.29) is 22.3 Å². The van der Waals surface area contributed by atoms with Crippen LogP contribution >= 0.6 is 23.1 Å². The van der Waals surface area contributed by atoms with Crippen LogP contribution in [-0.2, 0) is 44.6 Å². The lowest BCUT2D eigenvalue weighted by molar-refractivity contribution is -0.179. The fraction of sp³-hybridized carbons (Fsp3) is 0.378. The number of hydrogen-bond donors (Lipinski definition) is 2. The average Bonchev–Trinajstić information content (AvgIpc) is 3.68. The first-order valence-electron chi connectivity index (χ1n) is 19.9. The lowest BCUT2D eigenvalue weighted by Gasteiger charge is -2.49. The number of fused-ring (bicyclic) bond motifs is 1. The van der Waals surface area contributed by atoms with Gasteiger partial charge in [-0.25, -0.2) is 19.4 Å². The number of β-lactam (4-membered cyclic amide) rings is 1. The number of rotatable bonds is 13. The Morgan fingerprint density at radius 1 is 0.887 bits per heavy atom. The van der Waals surface area contributed by atoms with Gasteiger partial charge in [0.1, 0.15) is 34.0 Å². The molecule has 0 unspecified atom stereocenters. The smallest absolute Gasteiger partial charge is 0.413 e. The molecule has 2 aromatic carbocycles. The van der Waals surface area contributed by atoms with Crippen molar-refractivity contribution in [3.63, 3.8) is 0 Å². The third kappa shape index (κ3) is 10.9. The van der Waals surface area contributed by atoms with E-state index in [0.29, 0.717) is 11.3 Å². The maximum atomic E-state index is 14.6. The number of aromatic nitrogens is 2. The number of esters is 2. The van der Waals surface area contributed by atoms with Crippen LogP contribution in [0.4, 0.5) is 9.93 Å². The summed E-state index contributed by atoms with van der Waals surface area (Å²) in [7, 11) is 0. The van der Waals surface area contributed by atoms with Crippen molar-refractivity contribution in [3.05, 3.63) is 118 Å². The van der Waals surface area contributed by atoms with Crippen molar-refractivity contribution in [1.82, 2.24) is 20.2 Å². The van der Waals surface area contributed by atoms with Crippen LogP contribution in [0.2, 0.25) is 0 Å². The molecule has 1 saturated heterocycles. The van der Waals surface area contributed by atoms with E-state index in [0.717, 1.165) is 34.4 Å². The predicted octanol–water partition coefficient (Wildman–Crippen LogP) is 7.43. The zero-order valence-electron chi connectivity index (χ0n) is 36.0. The first-order chi connectivity index (χ1) is 29.2. The van der Waals surface area contributed by atoms with Gasteiger partial charge in [0.05, 0.1) is 5.69 Å². The molecule has 1 fully saturated rings. The number of thiazole rings is 1. The highest BCUT2D eigenvalue weighted by atomic mass is 32.2. The molecular formula is C45H50N6O9S2. The zero-order valence-corrected chi connectivity index (χ0v) is 37.6. The molecule has 2 aliphatic heterocycles. The second-order valence-corrected chi connectivity index (χ2v) is 18.9. The lowest BCUT2D eigenvalue weighted by Crippen LogP contribution is -2.71. The standard InChI is InChI=1S/C45H50N6O9S2/c1-10-26-21-22-30(46-23-26)29-24-61-38-33(37(53)51(38)34(29)39(54)57-35(27-17-13-11-14-18-27)28-19-15-12-16-20-28)48-36(52)32(50-60-45(8,9)40(55)58-43(2,3)4)31-25-62-41(47-31)49-42(56)59-44(5,6)7/h11-23,25,33,35,38H,10,24H2,1-9H3,(H,48,52)(H,47,49,56)/b50-32-/t33-,38-/m1/s1. The molecule has 0 radical (unpaired) electrons. The lowest BCUT2D eigenvalue weighted by atomic mass is 9.99.